The fourth-order valence-electron chi connectivity index (χ4n) is 2.57. The number of aryl methyl sites for hydroxylation is 3. The van der Waals surface area contributed by atoms with E-state index in [1.807, 2.05) is 45.0 Å². The molecule has 23 heavy (non-hydrogen) atoms. The predicted molar refractivity (Wildman–Crippen MR) is 93.5 cm³/mol. The van der Waals surface area contributed by atoms with Crippen molar-refractivity contribution >= 4 is 27.3 Å². The van der Waals surface area contributed by atoms with Gasteiger partial charge < -0.3 is 0 Å². The van der Waals surface area contributed by atoms with Crippen molar-refractivity contribution in [2.24, 2.45) is 0 Å². The van der Waals surface area contributed by atoms with Gasteiger partial charge in [0.15, 0.2) is 5.78 Å². The lowest BCUT2D eigenvalue weighted by Gasteiger charge is -2.08. The number of Topliss-reactive ketones (excluding diaryl/α,β-unsaturated/α-hetero) is 1. The van der Waals surface area contributed by atoms with Crippen LogP contribution >= 0.6 is 11.3 Å². The van der Waals surface area contributed by atoms with Crippen LogP contribution in [-0.2, 0) is 13.0 Å². The number of aromatic nitrogens is 2. The molecule has 118 valence electrons. The van der Waals surface area contributed by atoms with Crippen LogP contribution in [0.2, 0.25) is 0 Å². The standard InChI is InChI=1S/C18H18N2O2S/c1-4-13-8-15-17(23-13)19-10-20(18(15)22)9-16(21)14-7-11(2)5-6-12(14)3/h5-8,10H,4,9H2,1-3H3. The first-order valence-electron chi connectivity index (χ1n) is 7.58. The summed E-state index contributed by atoms with van der Waals surface area (Å²) in [4.78, 5) is 31.3. The second-order valence-electron chi connectivity index (χ2n) is 5.70. The Hall–Kier alpha value is -2.27. The number of hydrogen-bond acceptors (Lipinski definition) is 4. The minimum atomic E-state index is -0.149. The number of hydrogen-bond donors (Lipinski definition) is 0. The molecule has 3 rings (SSSR count). The van der Waals surface area contributed by atoms with E-state index in [0.29, 0.717) is 10.9 Å². The van der Waals surface area contributed by atoms with E-state index in [-0.39, 0.29) is 17.9 Å². The number of carbonyl (C=O) groups excluding carboxylic acids is 1. The van der Waals surface area contributed by atoms with Gasteiger partial charge in [0.2, 0.25) is 0 Å². The minimum Gasteiger partial charge on any atom is -0.292 e. The molecule has 0 amide bonds. The number of rotatable bonds is 4. The third kappa shape index (κ3) is 2.97. The quantitative estimate of drug-likeness (QED) is 0.689. The largest absolute Gasteiger partial charge is 0.292 e. The second-order valence-corrected chi connectivity index (χ2v) is 6.82. The summed E-state index contributed by atoms with van der Waals surface area (Å²) in [6, 6.07) is 7.66. The van der Waals surface area contributed by atoms with Gasteiger partial charge in [0.25, 0.3) is 5.56 Å². The van der Waals surface area contributed by atoms with Crippen LogP contribution in [0.25, 0.3) is 10.2 Å². The highest BCUT2D eigenvalue weighted by molar-refractivity contribution is 7.18. The van der Waals surface area contributed by atoms with Crippen molar-refractivity contribution in [1.82, 2.24) is 9.55 Å². The fourth-order valence-corrected chi connectivity index (χ4v) is 3.50. The van der Waals surface area contributed by atoms with Gasteiger partial charge >= 0.3 is 0 Å². The molecule has 3 aromatic rings. The zero-order chi connectivity index (χ0) is 16.6. The number of thiophene rings is 1. The summed E-state index contributed by atoms with van der Waals surface area (Å²) < 4.78 is 1.40. The third-order valence-electron chi connectivity index (χ3n) is 3.93. The van der Waals surface area contributed by atoms with Crippen LogP contribution in [0.1, 0.15) is 33.3 Å². The first-order valence-corrected chi connectivity index (χ1v) is 8.39. The molecule has 0 N–H and O–H groups in total. The van der Waals surface area contributed by atoms with E-state index in [2.05, 4.69) is 4.98 Å². The van der Waals surface area contributed by atoms with E-state index < -0.39 is 0 Å². The van der Waals surface area contributed by atoms with Crippen LogP contribution in [0.4, 0.5) is 0 Å². The molecule has 2 heterocycles. The molecule has 0 spiro atoms. The minimum absolute atomic E-state index is 0.0172. The molecule has 0 fully saturated rings. The average Bonchev–Trinajstić information content (AvgIpc) is 2.96. The van der Waals surface area contributed by atoms with E-state index in [0.717, 1.165) is 27.3 Å². The van der Waals surface area contributed by atoms with E-state index in [4.69, 9.17) is 0 Å². The molecule has 0 saturated carbocycles. The summed E-state index contributed by atoms with van der Waals surface area (Å²) in [7, 11) is 0. The fraction of sp³-hybridized carbons (Fsp3) is 0.278. The molecule has 0 unspecified atom stereocenters. The molecule has 5 heteroatoms. The Morgan fingerprint density at radius 2 is 2.04 bits per heavy atom. The topological polar surface area (TPSA) is 52.0 Å². The molecule has 2 aromatic heterocycles. The third-order valence-corrected chi connectivity index (χ3v) is 5.11. The van der Waals surface area contributed by atoms with Gasteiger partial charge in [-0.05, 0) is 38.0 Å². The first kappa shape index (κ1) is 15.6. The van der Waals surface area contributed by atoms with Gasteiger partial charge in [0.1, 0.15) is 4.83 Å². The lowest BCUT2D eigenvalue weighted by molar-refractivity contribution is 0.0970. The van der Waals surface area contributed by atoms with E-state index in [9.17, 15) is 9.59 Å². The van der Waals surface area contributed by atoms with E-state index in [1.165, 1.54) is 22.2 Å². The Labute approximate surface area is 138 Å². The van der Waals surface area contributed by atoms with E-state index in [1.54, 1.807) is 0 Å². The Bertz CT molecular complexity index is 953. The van der Waals surface area contributed by atoms with Crippen molar-refractivity contribution in [2.75, 3.05) is 0 Å². The highest BCUT2D eigenvalue weighted by Gasteiger charge is 2.13. The molecule has 0 aliphatic heterocycles. The number of benzene rings is 1. The average molecular weight is 326 g/mol. The maximum absolute atomic E-state index is 12.6. The molecule has 0 saturated heterocycles. The summed E-state index contributed by atoms with van der Waals surface area (Å²) in [6.07, 6.45) is 2.35. The summed E-state index contributed by atoms with van der Waals surface area (Å²) in [5.41, 5.74) is 2.47. The Morgan fingerprint density at radius 3 is 2.78 bits per heavy atom. The first-order chi connectivity index (χ1) is 11.0. The van der Waals surface area contributed by atoms with E-state index >= 15 is 0 Å². The van der Waals surface area contributed by atoms with Crippen molar-refractivity contribution in [2.45, 2.75) is 33.7 Å². The summed E-state index contributed by atoms with van der Waals surface area (Å²) >= 11 is 1.53. The summed E-state index contributed by atoms with van der Waals surface area (Å²) in [5.74, 6) is -0.0691. The zero-order valence-corrected chi connectivity index (χ0v) is 14.2. The van der Waals surface area contributed by atoms with Crippen molar-refractivity contribution in [3.05, 3.63) is 62.5 Å². The highest BCUT2D eigenvalue weighted by Crippen LogP contribution is 2.21. The van der Waals surface area contributed by atoms with Gasteiger partial charge in [-0.2, -0.15) is 0 Å². The van der Waals surface area contributed by atoms with Crippen LogP contribution in [-0.4, -0.2) is 15.3 Å². The zero-order valence-electron chi connectivity index (χ0n) is 13.4. The lowest BCUT2D eigenvalue weighted by Crippen LogP contribution is -2.24. The second kappa shape index (κ2) is 6.08. The molecule has 4 nitrogen and oxygen atoms in total. The number of ketones is 1. The molecule has 0 aliphatic rings. The maximum atomic E-state index is 12.6. The Kier molecular flexibility index (Phi) is 4.13. The molecular formula is C18H18N2O2S. The molecule has 0 atom stereocenters. The Morgan fingerprint density at radius 1 is 1.26 bits per heavy atom. The lowest BCUT2D eigenvalue weighted by atomic mass is 10.0. The van der Waals surface area contributed by atoms with Gasteiger partial charge in [0, 0.05) is 10.4 Å². The van der Waals surface area contributed by atoms with Crippen LogP contribution in [0.3, 0.4) is 0 Å². The van der Waals surface area contributed by atoms with Gasteiger partial charge in [0.05, 0.1) is 18.3 Å². The normalized spacial score (nSPS) is 11.1. The van der Waals surface area contributed by atoms with Crippen molar-refractivity contribution in [3.8, 4) is 0 Å². The molecule has 0 radical (unpaired) electrons. The summed E-state index contributed by atoms with van der Waals surface area (Å²) in [6.45, 7) is 5.92. The molecule has 0 aliphatic carbocycles. The highest BCUT2D eigenvalue weighted by atomic mass is 32.1. The monoisotopic (exact) mass is 326 g/mol. The van der Waals surface area contributed by atoms with Crippen LogP contribution in [0.15, 0.2) is 35.4 Å². The van der Waals surface area contributed by atoms with Crippen molar-refractivity contribution in [1.29, 1.82) is 0 Å². The van der Waals surface area contributed by atoms with Crippen molar-refractivity contribution < 1.29 is 4.79 Å². The summed E-state index contributed by atoms with van der Waals surface area (Å²) in [5, 5.41) is 0.600. The molecule has 0 bridgehead atoms. The smallest absolute Gasteiger partial charge is 0.262 e. The van der Waals surface area contributed by atoms with Crippen LogP contribution in [0, 0.1) is 13.8 Å². The van der Waals surface area contributed by atoms with Gasteiger partial charge in [-0.15, -0.1) is 11.3 Å². The van der Waals surface area contributed by atoms with Crippen LogP contribution in [0.5, 0.6) is 0 Å². The van der Waals surface area contributed by atoms with Gasteiger partial charge in [-0.25, -0.2) is 4.98 Å². The number of nitrogens with zero attached hydrogens (tertiary/aromatic N) is 2. The SMILES string of the molecule is CCc1cc2c(=O)n(CC(=O)c3cc(C)ccc3C)cnc2s1. The van der Waals surface area contributed by atoms with Crippen molar-refractivity contribution in [3.63, 3.8) is 0 Å². The maximum Gasteiger partial charge on any atom is 0.262 e. The Balaban J connectivity index is 1.98. The van der Waals surface area contributed by atoms with Gasteiger partial charge in [-0.3, -0.25) is 14.2 Å². The molecular weight excluding hydrogens is 308 g/mol. The molecule has 1 aromatic carbocycles. The van der Waals surface area contributed by atoms with Gasteiger partial charge in [-0.1, -0.05) is 24.6 Å². The predicted octanol–water partition coefficient (Wildman–Crippen LogP) is 3.52. The number of carbonyl (C=O) groups is 1. The number of fused-ring (bicyclic) bond motifs is 1. The van der Waals surface area contributed by atoms with Crippen LogP contribution < -0.4 is 5.56 Å².